The molecule has 0 unspecified atom stereocenters. The largest absolute Gasteiger partial charge is 0.378 e. The normalized spacial score (nSPS) is 17.2. The van der Waals surface area contributed by atoms with Gasteiger partial charge in [-0.2, -0.15) is 0 Å². The first-order valence-corrected chi connectivity index (χ1v) is 11.6. The predicted octanol–water partition coefficient (Wildman–Crippen LogP) is 3.64. The standard InChI is InChI=1S/C27H30N4O2/c1-29-11-13-30(14-12-29)25-9-10-28-26(20-25)24-4-2-3-23(19-24)21-5-7-22(8-6-21)27(32)31-15-17-33-18-16-31/h2-10,19-20H,11-18H2,1H3. The van der Waals surface area contributed by atoms with Gasteiger partial charge in [0, 0.05) is 62.3 Å². The van der Waals surface area contributed by atoms with Gasteiger partial charge in [0.1, 0.15) is 0 Å². The first-order valence-electron chi connectivity index (χ1n) is 11.6. The van der Waals surface area contributed by atoms with Crippen LogP contribution in [0.3, 0.4) is 0 Å². The minimum atomic E-state index is 0.0727. The third-order valence-electron chi connectivity index (χ3n) is 6.53. The Balaban J connectivity index is 1.34. The fourth-order valence-corrected chi connectivity index (χ4v) is 4.45. The number of likely N-dealkylation sites (N-methyl/N-ethyl adjacent to an activating group) is 1. The van der Waals surface area contributed by atoms with E-state index in [0.29, 0.717) is 26.3 Å². The van der Waals surface area contributed by atoms with Gasteiger partial charge >= 0.3 is 0 Å². The Morgan fingerprint density at radius 3 is 2.30 bits per heavy atom. The SMILES string of the molecule is CN1CCN(c2ccnc(-c3cccc(-c4ccc(C(=O)N5CCOCC5)cc4)c3)c2)CC1. The molecule has 170 valence electrons. The van der Waals surface area contributed by atoms with E-state index < -0.39 is 0 Å². The number of benzene rings is 2. The summed E-state index contributed by atoms with van der Waals surface area (Å²) in [5, 5.41) is 0. The highest BCUT2D eigenvalue weighted by Crippen LogP contribution is 2.28. The van der Waals surface area contributed by atoms with Crippen molar-refractivity contribution >= 4 is 11.6 Å². The molecule has 1 amide bonds. The van der Waals surface area contributed by atoms with Gasteiger partial charge < -0.3 is 19.4 Å². The number of piperazine rings is 1. The Hall–Kier alpha value is -3.22. The summed E-state index contributed by atoms with van der Waals surface area (Å²) in [6, 6.07) is 20.6. The number of aromatic nitrogens is 1. The van der Waals surface area contributed by atoms with E-state index in [0.717, 1.165) is 54.1 Å². The highest BCUT2D eigenvalue weighted by atomic mass is 16.5. The number of hydrogen-bond donors (Lipinski definition) is 0. The third-order valence-corrected chi connectivity index (χ3v) is 6.53. The number of carbonyl (C=O) groups excluding carboxylic acids is 1. The van der Waals surface area contributed by atoms with Crippen molar-refractivity contribution in [3.8, 4) is 22.4 Å². The number of nitrogens with zero attached hydrogens (tertiary/aromatic N) is 4. The molecule has 2 fully saturated rings. The lowest BCUT2D eigenvalue weighted by atomic mass is 10.00. The summed E-state index contributed by atoms with van der Waals surface area (Å²) >= 11 is 0. The second-order valence-corrected chi connectivity index (χ2v) is 8.75. The summed E-state index contributed by atoms with van der Waals surface area (Å²) in [6.45, 7) is 6.77. The zero-order chi connectivity index (χ0) is 22.6. The minimum absolute atomic E-state index is 0.0727. The van der Waals surface area contributed by atoms with Crippen molar-refractivity contribution in [3.63, 3.8) is 0 Å². The maximum atomic E-state index is 12.7. The van der Waals surface area contributed by atoms with Crippen LogP contribution in [0, 0.1) is 0 Å². The summed E-state index contributed by atoms with van der Waals surface area (Å²) in [6.07, 6.45) is 1.90. The number of rotatable bonds is 4. The molecule has 6 nitrogen and oxygen atoms in total. The van der Waals surface area contributed by atoms with Crippen LogP contribution in [0.2, 0.25) is 0 Å². The van der Waals surface area contributed by atoms with E-state index in [1.165, 1.54) is 5.69 Å². The van der Waals surface area contributed by atoms with E-state index in [4.69, 9.17) is 4.74 Å². The van der Waals surface area contributed by atoms with Crippen molar-refractivity contribution in [2.45, 2.75) is 0 Å². The average Bonchev–Trinajstić information content (AvgIpc) is 2.89. The van der Waals surface area contributed by atoms with Crippen LogP contribution in [-0.2, 0) is 4.74 Å². The van der Waals surface area contributed by atoms with Crippen LogP contribution in [-0.4, -0.2) is 80.2 Å². The highest BCUT2D eigenvalue weighted by Gasteiger charge is 2.18. The molecule has 2 aromatic carbocycles. The Kier molecular flexibility index (Phi) is 6.37. The van der Waals surface area contributed by atoms with Crippen molar-refractivity contribution in [3.05, 3.63) is 72.4 Å². The second kappa shape index (κ2) is 9.73. The van der Waals surface area contributed by atoms with E-state index >= 15 is 0 Å². The molecule has 0 saturated carbocycles. The van der Waals surface area contributed by atoms with Gasteiger partial charge in [0.2, 0.25) is 0 Å². The van der Waals surface area contributed by atoms with E-state index in [-0.39, 0.29) is 5.91 Å². The van der Waals surface area contributed by atoms with E-state index in [1.54, 1.807) is 0 Å². The molecule has 2 aliphatic rings. The van der Waals surface area contributed by atoms with Crippen molar-refractivity contribution in [2.75, 3.05) is 64.4 Å². The van der Waals surface area contributed by atoms with Gasteiger partial charge in [-0.3, -0.25) is 9.78 Å². The number of hydrogen-bond acceptors (Lipinski definition) is 5. The Morgan fingerprint density at radius 2 is 1.55 bits per heavy atom. The van der Waals surface area contributed by atoms with Crippen molar-refractivity contribution in [1.29, 1.82) is 0 Å². The molecule has 1 aromatic heterocycles. The van der Waals surface area contributed by atoms with Crippen LogP contribution in [0.15, 0.2) is 66.9 Å². The van der Waals surface area contributed by atoms with Gasteiger partial charge in [-0.25, -0.2) is 0 Å². The lowest BCUT2D eigenvalue weighted by molar-refractivity contribution is 0.0303. The molecule has 0 aliphatic carbocycles. The number of carbonyl (C=O) groups is 1. The van der Waals surface area contributed by atoms with Gasteiger partial charge in [0.05, 0.1) is 18.9 Å². The number of amides is 1. The summed E-state index contributed by atoms with van der Waals surface area (Å²) in [4.78, 5) is 24.0. The van der Waals surface area contributed by atoms with Crippen LogP contribution in [0.25, 0.3) is 22.4 Å². The van der Waals surface area contributed by atoms with Gasteiger partial charge in [-0.1, -0.05) is 30.3 Å². The Morgan fingerprint density at radius 1 is 0.818 bits per heavy atom. The van der Waals surface area contributed by atoms with Crippen LogP contribution < -0.4 is 4.90 Å². The molecule has 5 rings (SSSR count). The maximum Gasteiger partial charge on any atom is 0.254 e. The molecule has 33 heavy (non-hydrogen) atoms. The first kappa shape index (κ1) is 21.6. The summed E-state index contributed by atoms with van der Waals surface area (Å²) < 4.78 is 5.35. The zero-order valence-electron chi connectivity index (χ0n) is 19.1. The minimum Gasteiger partial charge on any atom is -0.378 e. The number of pyridine rings is 1. The smallest absolute Gasteiger partial charge is 0.254 e. The van der Waals surface area contributed by atoms with Gasteiger partial charge in [-0.05, 0) is 48.5 Å². The third kappa shape index (κ3) is 4.92. The number of morpholine rings is 1. The summed E-state index contributed by atoms with van der Waals surface area (Å²) in [5.74, 6) is 0.0727. The molecule has 0 bridgehead atoms. The molecule has 0 atom stereocenters. The van der Waals surface area contributed by atoms with E-state index in [1.807, 2.05) is 35.4 Å². The molecular formula is C27H30N4O2. The van der Waals surface area contributed by atoms with Gasteiger partial charge in [0.25, 0.3) is 5.91 Å². The van der Waals surface area contributed by atoms with Crippen molar-refractivity contribution in [2.24, 2.45) is 0 Å². The fourth-order valence-electron chi connectivity index (χ4n) is 4.45. The topological polar surface area (TPSA) is 48.9 Å². The van der Waals surface area contributed by atoms with Crippen LogP contribution in [0.1, 0.15) is 10.4 Å². The molecule has 0 radical (unpaired) electrons. The van der Waals surface area contributed by atoms with Crippen molar-refractivity contribution in [1.82, 2.24) is 14.8 Å². The maximum absolute atomic E-state index is 12.7. The molecule has 3 aromatic rings. The molecule has 6 heteroatoms. The monoisotopic (exact) mass is 442 g/mol. The lowest BCUT2D eigenvalue weighted by Crippen LogP contribution is -2.44. The number of ether oxygens (including phenoxy) is 1. The van der Waals surface area contributed by atoms with Gasteiger partial charge in [-0.15, -0.1) is 0 Å². The molecule has 3 heterocycles. The van der Waals surface area contributed by atoms with Crippen LogP contribution in [0.5, 0.6) is 0 Å². The first-order chi connectivity index (χ1) is 16.2. The molecule has 0 spiro atoms. The van der Waals surface area contributed by atoms with E-state index in [2.05, 4.69) is 58.2 Å². The lowest BCUT2D eigenvalue weighted by Gasteiger charge is -2.34. The molecule has 2 aliphatic heterocycles. The second-order valence-electron chi connectivity index (χ2n) is 8.75. The Labute approximate surface area is 195 Å². The van der Waals surface area contributed by atoms with Gasteiger partial charge in [0.15, 0.2) is 0 Å². The fraction of sp³-hybridized carbons (Fsp3) is 0.333. The Bertz CT molecular complexity index is 1100. The highest BCUT2D eigenvalue weighted by molar-refractivity contribution is 5.94. The average molecular weight is 443 g/mol. The van der Waals surface area contributed by atoms with Crippen molar-refractivity contribution < 1.29 is 9.53 Å². The predicted molar refractivity (Wildman–Crippen MR) is 132 cm³/mol. The molecule has 0 N–H and O–H groups in total. The quantitative estimate of drug-likeness (QED) is 0.618. The molecular weight excluding hydrogens is 412 g/mol. The summed E-state index contributed by atoms with van der Waals surface area (Å²) in [5.41, 5.74) is 6.22. The zero-order valence-corrected chi connectivity index (χ0v) is 19.1. The molecule has 2 saturated heterocycles. The van der Waals surface area contributed by atoms with Crippen LogP contribution >= 0.6 is 0 Å². The van der Waals surface area contributed by atoms with E-state index in [9.17, 15) is 4.79 Å². The number of anilines is 1. The van der Waals surface area contributed by atoms with Crippen LogP contribution in [0.4, 0.5) is 5.69 Å². The summed E-state index contributed by atoms with van der Waals surface area (Å²) in [7, 11) is 2.17.